The van der Waals surface area contributed by atoms with Gasteiger partial charge in [0.2, 0.25) is 5.91 Å². The van der Waals surface area contributed by atoms with Crippen LogP contribution in [-0.2, 0) is 11.2 Å². The third kappa shape index (κ3) is 2.80. The van der Waals surface area contributed by atoms with Crippen molar-refractivity contribution in [3.8, 4) is 5.82 Å². The Balaban J connectivity index is 1.51. The van der Waals surface area contributed by atoms with Crippen molar-refractivity contribution in [2.24, 2.45) is 0 Å². The molecule has 1 atom stereocenters. The Morgan fingerprint density at radius 2 is 2.12 bits per heavy atom. The summed E-state index contributed by atoms with van der Waals surface area (Å²) < 4.78 is 1.82. The van der Waals surface area contributed by atoms with E-state index in [1.54, 1.807) is 18.7 Å². The van der Waals surface area contributed by atoms with E-state index in [0.29, 0.717) is 5.69 Å². The van der Waals surface area contributed by atoms with Gasteiger partial charge in [0, 0.05) is 12.4 Å². The van der Waals surface area contributed by atoms with E-state index in [1.807, 2.05) is 35.0 Å². The molecule has 1 N–H and O–H groups in total. The molecule has 0 saturated carbocycles. The fraction of sp³-hybridized carbons (Fsp3) is 0.211. The molecule has 0 unspecified atom stereocenters. The van der Waals surface area contributed by atoms with Gasteiger partial charge in [-0.15, -0.1) is 0 Å². The molecule has 0 fully saturated rings. The van der Waals surface area contributed by atoms with Gasteiger partial charge in [0.05, 0.1) is 17.8 Å². The maximum atomic E-state index is 12.7. The minimum absolute atomic E-state index is 0.0410. The van der Waals surface area contributed by atoms with Crippen LogP contribution in [0.1, 0.15) is 29.9 Å². The van der Waals surface area contributed by atoms with Gasteiger partial charge < -0.3 is 5.32 Å². The summed E-state index contributed by atoms with van der Waals surface area (Å²) >= 11 is 0. The van der Waals surface area contributed by atoms with Crippen LogP contribution in [0.25, 0.3) is 5.82 Å². The highest BCUT2D eigenvalue weighted by atomic mass is 16.1. The van der Waals surface area contributed by atoms with Gasteiger partial charge >= 0.3 is 0 Å². The molecule has 2 aromatic heterocycles. The Morgan fingerprint density at radius 3 is 2.92 bits per heavy atom. The average molecular weight is 318 g/mol. The highest BCUT2D eigenvalue weighted by molar-refractivity contribution is 5.96. The van der Waals surface area contributed by atoms with E-state index in [1.165, 1.54) is 5.56 Å². The fourth-order valence-corrected chi connectivity index (χ4v) is 3.26. The van der Waals surface area contributed by atoms with Crippen LogP contribution in [0, 0.1) is 0 Å². The van der Waals surface area contributed by atoms with Crippen molar-refractivity contribution in [3.05, 3.63) is 72.4 Å². The summed E-state index contributed by atoms with van der Waals surface area (Å²) in [6.07, 6.45) is 9.91. The van der Waals surface area contributed by atoms with Gasteiger partial charge in [-0.2, -0.15) is 0 Å². The second kappa shape index (κ2) is 6.28. The number of benzene rings is 1. The van der Waals surface area contributed by atoms with Gasteiger partial charge in [-0.3, -0.25) is 9.36 Å². The van der Waals surface area contributed by atoms with E-state index in [9.17, 15) is 4.79 Å². The van der Waals surface area contributed by atoms with Crippen molar-refractivity contribution in [3.63, 3.8) is 0 Å². The zero-order valence-corrected chi connectivity index (χ0v) is 13.2. The number of aromatic nitrogens is 3. The number of amides is 1. The second-order valence-corrected chi connectivity index (χ2v) is 6.01. The molecular formula is C19H18N4O. The maximum absolute atomic E-state index is 12.7. The molecule has 0 aliphatic heterocycles. The Kier molecular flexibility index (Phi) is 3.83. The van der Waals surface area contributed by atoms with Crippen LogP contribution in [0.3, 0.4) is 0 Å². The van der Waals surface area contributed by atoms with Crippen molar-refractivity contribution >= 4 is 11.6 Å². The molecule has 1 aliphatic carbocycles. The molecule has 1 aliphatic rings. The number of hydrogen-bond donors (Lipinski definition) is 1. The van der Waals surface area contributed by atoms with Gasteiger partial charge in [-0.1, -0.05) is 24.3 Å². The van der Waals surface area contributed by atoms with E-state index in [-0.39, 0.29) is 11.8 Å². The SMILES string of the molecule is O=C(Nc1ccc(-n2ccnc2)nc1)[C@H]1CCCc2ccccc21. The highest BCUT2D eigenvalue weighted by Gasteiger charge is 2.26. The van der Waals surface area contributed by atoms with Crippen LogP contribution in [0.15, 0.2) is 61.3 Å². The minimum atomic E-state index is -0.0803. The molecule has 1 aromatic carbocycles. The lowest BCUT2D eigenvalue weighted by Crippen LogP contribution is -2.24. The van der Waals surface area contributed by atoms with Crippen molar-refractivity contribution in [1.82, 2.24) is 14.5 Å². The van der Waals surface area contributed by atoms with E-state index < -0.39 is 0 Å². The Labute approximate surface area is 140 Å². The van der Waals surface area contributed by atoms with Crippen LogP contribution < -0.4 is 5.32 Å². The fourth-order valence-electron chi connectivity index (χ4n) is 3.26. The van der Waals surface area contributed by atoms with Gasteiger partial charge in [0.15, 0.2) is 0 Å². The van der Waals surface area contributed by atoms with Gasteiger partial charge in [-0.25, -0.2) is 9.97 Å². The smallest absolute Gasteiger partial charge is 0.231 e. The quantitative estimate of drug-likeness (QED) is 0.806. The molecule has 4 rings (SSSR count). The minimum Gasteiger partial charge on any atom is -0.324 e. The number of carbonyl (C=O) groups excluding carboxylic acids is 1. The zero-order valence-electron chi connectivity index (χ0n) is 13.2. The summed E-state index contributed by atoms with van der Waals surface area (Å²) in [6, 6.07) is 12.0. The lowest BCUT2D eigenvalue weighted by atomic mass is 9.82. The average Bonchev–Trinajstić information content (AvgIpc) is 3.16. The largest absolute Gasteiger partial charge is 0.324 e. The van der Waals surface area contributed by atoms with Crippen LogP contribution in [0.4, 0.5) is 5.69 Å². The van der Waals surface area contributed by atoms with Crippen LogP contribution in [0.5, 0.6) is 0 Å². The van der Waals surface area contributed by atoms with E-state index in [2.05, 4.69) is 27.4 Å². The summed E-state index contributed by atoms with van der Waals surface area (Å²) in [7, 11) is 0. The standard InChI is InChI=1S/C19H18N4O/c24-19(17-7-3-5-14-4-1-2-6-16(14)17)22-15-8-9-18(21-12-15)23-11-10-20-13-23/h1-2,4,6,8-13,17H,3,5,7H2,(H,22,24)/t17-/m0/s1. The molecule has 3 aromatic rings. The third-order valence-corrected chi connectivity index (χ3v) is 4.47. The number of rotatable bonds is 3. The molecule has 120 valence electrons. The van der Waals surface area contributed by atoms with Gasteiger partial charge in [-0.05, 0) is 42.5 Å². The molecule has 2 heterocycles. The van der Waals surface area contributed by atoms with Crippen molar-refractivity contribution < 1.29 is 4.79 Å². The normalized spacial score (nSPS) is 16.4. The first-order chi connectivity index (χ1) is 11.8. The lowest BCUT2D eigenvalue weighted by Gasteiger charge is -2.24. The molecule has 0 spiro atoms. The zero-order chi connectivity index (χ0) is 16.4. The summed E-state index contributed by atoms with van der Waals surface area (Å²) in [4.78, 5) is 21.1. The van der Waals surface area contributed by atoms with Crippen LogP contribution >= 0.6 is 0 Å². The monoisotopic (exact) mass is 318 g/mol. The summed E-state index contributed by atoms with van der Waals surface area (Å²) in [6.45, 7) is 0. The molecule has 0 bridgehead atoms. The molecule has 5 nitrogen and oxygen atoms in total. The topological polar surface area (TPSA) is 59.8 Å². The number of aryl methyl sites for hydroxylation is 1. The first-order valence-corrected chi connectivity index (χ1v) is 8.14. The molecule has 0 saturated heterocycles. The first kappa shape index (κ1) is 14.6. The van der Waals surface area contributed by atoms with Crippen molar-refractivity contribution in [2.75, 3.05) is 5.32 Å². The summed E-state index contributed by atoms with van der Waals surface area (Å²) in [5.74, 6) is 0.733. The van der Waals surface area contributed by atoms with Gasteiger partial charge in [0.25, 0.3) is 0 Å². The Morgan fingerprint density at radius 1 is 1.21 bits per heavy atom. The van der Waals surface area contributed by atoms with Crippen LogP contribution in [0.2, 0.25) is 0 Å². The Hall–Kier alpha value is -2.95. The molecule has 24 heavy (non-hydrogen) atoms. The predicted octanol–water partition coefficient (Wildman–Crippen LogP) is 3.33. The molecular weight excluding hydrogens is 300 g/mol. The Bertz CT molecular complexity index is 840. The number of hydrogen-bond acceptors (Lipinski definition) is 3. The number of nitrogens with one attached hydrogen (secondary N) is 1. The summed E-state index contributed by atoms with van der Waals surface area (Å²) in [5.41, 5.74) is 3.16. The number of fused-ring (bicyclic) bond motifs is 1. The third-order valence-electron chi connectivity index (χ3n) is 4.47. The molecule has 1 amide bonds. The number of pyridine rings is 1. The number of anilines is 1. The lowest BCUT2D eigenvalue weighted by molar-refractivity contribution is -0.117. The van der Waals surface area contributed by atoms with Crippen molar-refractivity contribution in [2.45, 2.75) is 25.2 Å². The number of nitrogens with zero attached hydrogens (tertiary/aromatic N) is 3. The molecule has 5 heteroatoms. The molecule has 0 radical (unpaired) electrons. The van der Waals surface area contributed by atoms with E-state index in [0.717, 1.165) is 30.6 Å². The van der Waals surface area contributed by atoms with Crippen molar-refractivity contribution in [1.29, 1.82) is 0 Å². The second-order valence-electron chi connectivity index (χ2n) is 6.01. The highest BCUT2D eigenvalue weighted by Crippen LogP contribution is 2.32. The predicted molar refractivity (Wildman–Crippen MR) is 92.1 cm³/mol. The number of carbonyl (C=O) groups is 1. The van der Waals surface area contributed by atoms with Crippen LogP contribution in [-0.4, -0.2) is 20.4 Å². The summed E-state index contributed by atoms with van der Waals surface area (Å²) in [5, 5.41) is 3.00. The van der Waals surface area contributed by atoms with E-state index in [4.69, 9.17) is 0 Å². The number of imidazole rings is 1. The first-order valence-electron chi connectivity index (χ1n) is 8.14. The maximum Gasteiger partial charge on any atom is 0.231 e. The van der Waals surface area contributed by atoms with E-state index >= 15 is 0 Å². The van der Waals surface area contributed by atoms with Gasteiger partial charge in [0.1, 0.15) is 12.1 Å².